The molecule has 16 heavy (non-hydrogen) atoms. The van der Waals surface area contributed by atoms with Gasteiger partial charge in [0, 0.05) is 17.6 Å². The van der Waals surface area contributed by atoms with Gasteiger partial charge in [-0.2, -0.15) is 0 Å². The van der Waals surface area contributed by atoms with Crippen LogP contribution in [-0.2, 0) is 9.59 Å². The zero-order chi connectivity index (χ0) is 11.8. The van der Waals surface area contributed by atoms with Gasteiger partial charge in [-0.3, -0.25) is 14.6 Å². The van der Waals surface area contributed by atoms with Gasteiger partial charge >= 0.3 is 5.97 Å². The number of nitrogens with one attached hydrogen (secondary N) is 1. The molecule has 1 heterocycles. The van der Waals surface area contributed by atoms with E-state index in [9.17, 15) is 9.59 Å². The van der Waals surface area contributed by atoms with Gasteiger partial charge in [0.25, 0.3) is 0 Å². The number of hydrogen-bond donors (Lipinski definition) is 2. The Morgan fingerprint density at radius 1 is 1.50 bits per heavy atom. The van der Waals surface area contributed by atoms with Gasteiger partial charge in [-0.1, -0.05) is 0 Å². The number of carboxylic acids is 1. The highest BCUT2D eigenvalue weighted by atomic mass is 16.4. The van der Waals surface area contributed by atoms with Gasteiger partial charge in [0.15, 0.2) is 0 Å². The number of aryl methyl sites for hydroxylation is 1. The Kier molecular flexibility index (Phi) is 2.38. The average Bonchev–Trinajstić information content (AvgIpc) is 2.97. The van der Waals surface area contributed by atoms with E-state index in [1.165, 1.54) is 0 Å². The number of anilines is 1. The molecular weight excluding hydrogens is 208 g/mol. The fourth-order valence-electron chi connectivity index (χ4n) is 1.54. The average molecular weight is 220 g/mol. The van der Waals surface area contributed by atoms with Gasteiger partial charge in [0.05, 0.1) is 0 Å². The van der Waals surface area contributed by atoms with Crippen molar-refractivity contribution in [2.45, 2.75) is 19.8 Å². The summed E-state index contributed by atoms with van der Waals surface area (Å²) in [4.78, 5) is 26.6. The minimum absolute atomic E-state index is 0.415. The molecule has 1 aliphatic carbocycles. The van der Waals surface area contributed by atoms with Crippen LogP contribution < -0.4 is 5.32 Å². The molecular formula is C11H12N2O3. The van der Waals surface area contributed by atoms with E-state index >= 15 is 0 Å². The first-order valence-corrected chi connectivity index (χ1v) is 5.02. The monoisotopic (exact) mass is 220 g/mol. The molecule has 84 valence electrons. The summed E-state index contributed by atoms with van der Waals surface area (Å²) in [6.07, 6.45) is 2.40. The van der Waals surface area contributed by atoms with Crippen molar-refractivity contribution in [1.82, 2.24) is 4.98 Å². The summed E-state index contributed by atoms with van der Waals surface area (Å²) in [5.41, 5.74) is 0.167. The molecule has 5 heteroatoms. The number of carbonyl (C=O) groups excluding carboxylic acids is 1. The lowest BCUT2D eigenvalue weighted by atomic mass is 10.1. The van der Waals surface area contributed by atoms with Gasteiger partial charge in [-0.25, -0.2) is 0 Å². The predicted octanol–water partition coefficient (Wildman–Crippen LogP) is 1.19. The van der Waals surface area contributed by atoms with Crippen molar-refractivity contribution >= 4 is 17.6 Å². The second-order valence-corrected chi connectivity index (χ2v) is 4.03. The molecule has 0 aliphatic heterocycles. The molecule has 2 rings (SSSR count). The Morgan fingerprint density at radius 2 is 2.19 bits per heavy atom. The minimum Gasteiger partial charge on any atom is -0.480 e. The van der Waals surface area contributed by atoms with E-state index in [2.05, 4.69) is 10.3 Å². The van der Waals surface area contributed by atoms with Crippen molar-refractivity contribution in [3.05, 3.63) is 24.0 Å². The summed E-state index contributed by atoms with van der Waals surface area (Å²) in [6.45, 7) is 1.81. The highest BCUT2D eigenvalue weighted by molar-refractivity contribution is 6.10. The number of carboxylic acid groups (broad SMARTS) is 1. The lowest BCUT2D eigenvalue weighted by molar-refractivity contribution is -0.147. The smallest absolute Gasteiger partial charge is 0.319 e. The van der Waals surface area contributed by atoms with E-state index < -0.39 is 17.3 Å². The summed E-state index contributed by atoms with van der Waals surface area (Å²) >= 11 is 0. The topological polar surface area (TPSA) is 79.3 Å². The largest absolute Gasteiger partial charge is 0.480 e. The molecule has 1 fully saturated rings. The van der Waals surface area contributed by atoms with Crippen LogP contribution in [-0.4, -0.2) is 22.0 Å². The van der Waals surface area contributed by atoms with Gasteiger partial charge in [-0.05, 0) is 31.9 Å². The molecule has 0 aromatic carbocycles. The first kappa shape index (κ1) is 10.6. The molecule has 0 atom stereocenters. The van der Waals surface area contributed by atoms with Gasteiger partial charge in [0.1, 0.15) is 5.41 Å². The van der Waals surface area contributed by atoms with Crippen LogP contribution in [0.15, 0.2) is 18.3 Å². The molecule has 1 aromatic rings. The fourth-order valence-corrected chi connectivity index (χ4v) is 1.54. The van der Waals surface area contributed by atoms with E-state index in [0.29, 0.717) is 18.5 Å². The van der Waals surface area contributed by atoms with Crippen molar-refractivity contribution in [3.8, 4) is 0 Å². The van der Waals surface area contributed by atoms with Crippen LogP contribution in [0.3, 0.4) is 0 Å². The van der Waals surface area contributed by atoms with E-state index in [1.54, 1.807) is 25.3 Å². The standard InChI is InChI=1S/C11H12N2O3/c1-7-6-8(2-5-12-7)13-9(14)11(3-4-11)10(15)16/h2,5-6H,3-4H2,1H3,(H,15,16)(H,12,13,14). The van der Waals surface area contributed by atoms with Crippen LogP contribution in [0.2, 0.25) is 0 Å². The van der Waals surface area contributed by atoms with E-state index in [4.69, 9.17) is 5.11 Å². The van der Waals surface area contributed by atoms with Crippen LogP contribution in [0.25, 0.3) is 0 Å². The quantitative estimate of drug-likeness (QED) is 0.750. The predicted molar refractivity (Wildman–Crippen MR) is 56.9 cm³/mol. The van der Waals surface area contributed by atoms with E-state index in [-0.39, 0.29) is 0 Å². The number of amides is 1. The van der Waals surface area contributed by atoms with Gasteiger partial charge in [-0.15, -0.1) is 0 Å². The minimum atomic E-state index is -1.20. The van der Waals surface area contributed by atoms with Crippen LogP contribution in [0.5, 0.6) is 0 Å². The highest BCUT2D eigenvalue weighted by Crippen LogP contribution is 2.46. The first-order chi connectivity index (χ1) is 7.54. The number of hydrogen-bond acceptors (Lipinski definition) is 3. The lowest BCUT2D eigenvalue weighted by Gasteiger charge is -2.10. The molecule has 1 saturated carbocycles. The van der Waals surface area contributed by atoms with E-state index in [1.807, 2.05) is 0 Å². The Labute approximate surface area is 92.5 Å². The third kappa shape index (κ3) is 1.76. The van der Waals surface area contributed by atoms with Gasteiger partial charge in [0.2, 0.25) is 5.91 Å². The third-order valence-corrected chi connectivity index (χ3v) is 2.75. The molecule has 0 spiro atoms. The maximum Gasteiger partial charge on any atom is 0.319 e. The van der Waals surface area contributed by atoms with Crippen molar-refractivity contribution < 1.29 is 14.7 Å². The van der Waals surface area contributed by atoms with Crippen LogP contribution in [0.4, 0.5) is 5.69 Å². The SMILES string of the molecule is Cc1cc(NC(=O)C2(C(=O)O)CC2)ccn1. The zero-order valence-corrected chi connectivity index (χ0v) is 8.86. The third-order valence-electron chi connectivity index (χ3n) is 2.75. The number of aromatic nitrogens is 1. The Morgan fingerprint density at radius 3 is 2.69 bits per heavy atom. The Balaban J connectivity index is 2.11. The van der Waals surface area contributed by atoms with Crippen molar-refractivity contribution in [2.24, 2.45) is 5.41 Å². The second kappa shape index (κ2) is 3.59. The molecule has 1 aromatic heterocycles. The molecule has 0 radical (unpaired) electrons. The molecule has 5 nitrogen and oxygen atoms in total. The highest BCUT2D eigenvalue weighted by Gasteiger charge is 2.57. The maximum atomic E-state index is 11.7. The van der Waals surface area contributed by atoms with E-state index in [0.717, 1.165) is 5.69 Å². The summed E-state index contributed by atoms with van der Waals surface area (Å²) in [5.74, 6) is -1.48. The first-order valence-electron chi connectivity index (χ1n) is 5.02. The van der Waals surface area contributed by atoms with Crippen molar-refractivity contribution in [1.29, 1.82) is 0 Å². The molecule has 2 N–H and O–H groups in total. The molecule has 1 aliphatic rings. The number of nitrogens with zero attached hydrogens (tertiary/aromatic N) is 1. The molecule has 0 saturated heterocycles. The molecule has 1 amide bonds. The summed E-state index contributed by atoms with van der Waals surface area (Å²) in [5, 5.41) is 11.5. The number of rotatable bonds is 3. The summed E-state index contributed by atoms with van der Waals surface area (Å²) in [6, 6.07) is 3.35. The fraction of sp³-hybridized carbons (Fsp3) is 0.364. The number of pyridine rings is 1. The van der Waals surface area contributed by atoms with Crippen LogP contribution >= 0.6 is 0 Å². The Hall–Kier alpha value is -1.91. The summed E-state index contributed by atoms with van der Waals surface area (Å²) < 4.78 is 0. The van der Waals surface area contributed by atoms with Crippen LogP contribution in [0, 0.1) is 12.3 Å². The van der Waals surface area contributed by atoms with Gasteiger partial charge < -0.3 is 10.4 Å². The Bertz CT molecular complexity index is 452. The molecule has 0 unspecified atom stereocenters. The zero-order valence-electron chi connectivity index (χ0n) is 8.86. The lowest BCUT2D eigenvalue weighted by Crippen LogP contribution is -2.31. The van der Waals surface area contributed by atoms with Crippen molar-refractivity contribution in [2.75, 3.05) is 5.32 Å². The number of aliphatic carboxylic acids is 1. The normalized spacial score (nSPS) is 16.6. The summed E-state index contributed by atoms with van der Waals surface area (Å²) in [7, 11) is 0. The number of carbonyl (C=O) groups is 2. The second-order valence-electron chi connectivity index (χ2n) is 4.03. The van der Waals surface area contributed by atoms with Crippen LogP contribution in [0.1, 0.15) is 18.5 Å². The van der Waals surface area contributed by atoms with Crippen molar-refractivity contribution in [3.63, 3.8) is 0 Å². The molecule has 0 bridgehead atoms. The maximum absolute atomic E-state index is 11.7.